The average molecular weight is 203 g/mol. The van der Waals surface area contributed by atoms with Gasteiger partial charge in [-0.2, -0.15) is 0 Å². The van der Waals surface area contributed by atoms with Gasteiger partial charge in [0.2, 0.25) is 0 Å². The third kappa shape index (κ3) is 1.57. The summed E-state index contributed by atoms with van der Waals surface area (Å²) in [6.07, 6.45) is 0. The number of phenols is 2. The van der Waals surface area contributed by atoms with Gasteiger partial charge in [-0.05, 0) is 35.0 Å². The summed E-state index contributed by atoms with van der Waals surface area (Å²) in [6, 6.07) is 7.54. The maximum atomic E-state index is 10.9. The molecule has 4 N–H and O–H groups in total. The predicted octanol–water partition coefficient (Wildman–Crippen LogP) is 1.35. The molecule has 0 aliphatic carbocycles. The second-order valence-corrected chi connectivity index (χ2v) is 3.27. The molecule has 0 fully saturated rings. The van der Waals surface area contributed by atoms with Crippen LogP contribution in [0.5, 0.6) is 11.5 Å². The van der Waals surface area contributed by atoms with Crippen molar-refractivity contribution in [3.05, 3.63) is 35.9 Å². The van der Waals surface area contributed by atoms with Crippen LogP contribution in [0.4, 0.5) is 0 Å². The molecule has 15 heavy (non-hydrogen) atoms. The van der Waals surface area contributed by atoms with Crippen LogP contribution in [-0.2, 0) is 0 Å². The zero-order chi connectivity index (χ0) is 11.0. The molecule has 0 radical (unpaired) electrons. The van der Waals surface area contributed by atoms with Gasteiger partial charge in [-0.1, -0.05) is 6.07 Å². The number of benzene rings is 2. The molecule has 0 unspecified atom stereocenters. The van der Waals surface area contributed by atoms with E-state index in [1.807, 2.05) is 0 Å². The van der Waals surface area contributed by atoms with Crippen LogP contribution in [0, 0.1) is 0 Å². The van der Waals surface area contributed by atoms with Crippen LogP contribution in [0.15, 0.2) is 30.3 Å². The van der Waals surface area contributed by atoms with E-state index in [1.54, 1.807) is 6.07 Å². The fraction of sp³-hybridized carbons (Fsp3) is 0. The van der Waals surface area contributed by atoms with Crippen molar-refractivity contribution in [3.63, 3.8) is 0 Å². The van der Waals surface area contributed by atoms with Crippen LogP contribution in [0.25, 0.3) is 10.8 Å². The minimum Gasteiger partial charge on any atom is -0.508 e. The molecule has 2 aromatic carbocycles. The van der Waals surface area contributed by atoms with Gasteiger partial charge in [0.1, 0.15) is 11.5 Å². The Morgan fingerprint density at radius 3 is 2.47 bits per heavy atom. The Morgan fingerprint density at radius 2 is 1.80 bits per heavy atom. The zero-order valence-corrected chi connectivity index (χ0v) is 7.77. The first-order valence-electron chi connectivity index (χ1n) is 4.33. The summed E-state index contributed by atoms with van der Waals surface area (Å²) in [7, 11) is 0. The molecule has 4 heteroatoms. The predicted molar refractivity (Wildman–Crippen MR) is 55.8 cm³/mol. The summed E-state index contributed by atoms with van der Waals surface area (Å²) in [5.74, 6) is -0.753. The first-order valence-corrected chi connectivity index (χ1v) is 4.33. The van der Waals surface area contributed by atoms with Crippen LogP contribution < -0.4 is 5.73 Å². The zero-order valence-electron chi connectivity index (χ0n) is 7.77. The molecule has 0 atom stereocenters. The Bertz CT molecular complexity index is 549. The highest BCUT2D eigenvalue weighted by Gasteiger charge is 2.08. The molecule has 0 aromatic heterocycles. The number of fused-ring (bicyclic) bond motifs is 1. The van der Waals surface area contributed by atoms with Crippen molar-refractivity contribution < 1.29 is 15.0 Å². The van der Waals surface area contributed by atoms with E-state index in [1.165, 1.54) is 24.3 Å². The van der Waals surface area contributed by atoms with Crippen LogP contribution in [0.3, 0.4) is 0 Å². The highest BCUT2D eigenvalue weighted by atomic mass is 16.3. The standard InChI is InChI=1S/C11H9NO3/c12-11(15)9-4-6-1-2-8(13)3-7(6)5-10(9)14/h1-5,13-14H,(H2,12,15). The van der Waals surface area contributed by atoms with Crippen molar-refractivity contribution in [1.82, 2.24) is 0 Å². The van der Waals surface area contributed by atoms with Gasteiger partial charge in [0.25, 0.3) is 5.91 Å². The van der Waals surface area contributed by atoms with E-state index in [4.69, 9.17) is 5.73 Å². The topological polar surface area (TPSA) is 83.6 Å². The Labute approximate surface area is 85.6 Å². The summed E-state index contributed by atoms with van der Waals surface area (Å²) < 4.78 is 0. The van der Waals surface area contributed by atoms with E-state index < -0.39 is 5.91 Å². The van der Waals surface area contributed by atoms with Gasteiger partial charge < -0.3 is 15.9 Å². The molecule has 76 valence electrons. The number of nitrogens with two attached hydrogens (primary N) is 1. The smallest absolute Gasteiger partial charge is 0.252 e. The highest BCUT2D eigenvalue weighted by molar-refractivity contribution is 6.00. The normalized spacial score (nSPS) is 10.4. The number of rotatable bonds is 1. The van der Waals surface area contributed by atoms with Crippen LogP contribution in [-0.4, -0.2) is 16.1 Å². The minimum atomic E-state index is -0.678. The maximum absolute atomic E-state index is 10.9. The molecule has 2 rings (SSSR count). The van der Waals surface area contributed by atoms with Gasteiger partial charge in [-0.3, -0.25) is 4.79 Å². The van der Waals surface area contributed by atoms with Crippen molar-refractivity contribution in [2.45, 2.75) is 0 Å². The van der Waals surface area contributed by atoms with Crippen LogP contribution in [0.1, 0.15) is 10.4 Å². The van der Waals surface area contributed by atoms with E-state index in [0.717, 1.165) is 5.39 Å². The number of amides is 1. The molecule has 0 heterocycles. The molecule has 0 bridgehead atoms. The van der Waals surface area contributed by atoms with E-state index >= 15 is 0 Å². The van der Waals surface area contributed by atoms with Gasteiger partial charge in [-0.25, -0.2) is 0 Å². The van der Waals surface area contributed by atoms with Crippen LogP contribution in [0.2, 0.25) is 0 Å². The molecule has 0 saturated heterocycles. The highest BCUT2D eigenvalue weighted by Crippen LogP contribution is 2.27. The molecule has 1 amide bonds. The third-order valence-electron chi connectivity index (χ3n) is 2.20. The Kier molecular flexibility index (Phi) is 1.97. The monoisotopic (exact) mass is 203 g/mol. The van der Waals surface area contributed by atoms with Crippen molar-refractivity contribution in [3.8, 4) is 11.5 Å². The number of primary amides is 1. The lowest BCUT2D eigenvalue weighted by Crippen LogP contribution is -2.10. The van der Waals surface area contributed by atoms with Crippen molar-refractivity contribution in [1.29, 1.82) is 0 Å². The van der Waals surface area contributed by atoms with E-state index in [9.17, 15) is 15.0 Å². The molecule has 4 nitrogen and oxygen atoms in total. The Balaban J connectivity index is 2.76. The van der Waals surface area contributed by atoms with E-state index in [-0.39, 0.29) is 17.1 Å². The van der Waals surface area contributed by atoms with E-state index in [0.29, 0.717) is 5.39 Å². The van der Waals surface area contributed by atoms with Crippen molar-refractivity contribution in [2.75, 3.05) is 0 Å². The second-order valence-electron chi connectivity index (χ2n) is 3.27. The molecule has 0 aliphatic rings. The lowest BCUT2D eigenvalue weighted by Gasteiger charge is -2.04. The number of hydrogen-bond donors (Lipinski definition) is 3. The number of carbonyl (C=O) groups excluding carboxylic acids is 1. The lowest BCUT2D eigenvalue weighted by atomic mass is 10.1. The second kappa shape index (κ2) is 3.16. The van der Waals surface area contributed by atoms with Gasteiger partial charge in [-0.15, -0.1) is 0 Å². The van der Waals surface area contributed by atoms with Gasteiger partial charge in [0.15, 0.2) is 0 Å². The molecule has 0 saturated carbocycles. The van der Waals surface area contributed by atoms with Gasteiger partial charge >= 0.3 is 0 Å². The summed E-state index contributed by atoms with van der Waals surface area (Å²) >= 11 is 0. The molecule has 2 aromatic rings. The van der Waals surface area contributed by atoms with Crippen molar-refractivity contribution in [2.24, 2.45) is 5.73 Å². The Hall–Kier alpha value is -2.23. The lowest BCUT2D eigenvalue weighted by molar-refractivity contribution is 0.0998. The maximum Gasteiger partial charge on any atom is 0.252 e. The van der Waals surface area contributed by atoms with Gasteiger partial charge in [0.05, 0.1) is 5.56 Å². The number of phenolic OH excluding ortho intramolecular Hbond substituents is 1. The fourth-order valence-electron chi connectivity index (χ4n) is 1.47. The summed E-state index contributed by atoms with van der Waals surface area (Å²) in [5.41, 5.74) is 5.16. The number of carbonyl (C=O) groups is 1. The van der Waals surface area contributed by atoms with Gasteiger partial charge in [0, 0.05) is 0 Å². The summed E-state index contributed by atoms with van der Waals surface area (Å²) in [6.45, 7) is 0. The number of hydrogen-bond acceptors (Lipinski definition) is 3. The van der Waals surface area contributed by atoms with Crippen molar-refractivity contribution >= 4 is 16.7 Å². The van der Waals surface area contributed by atoms with E-state index in [2.05, 4.69) is 0 Å². The number of aromatic hydroxyl groups is 2. The fourth-order valence-corrected chi connectivity index (χ4v) is 1.47. The largest absolute Gasteiger partial charge is 0.508 e. The molecular formula is C11H9NO3. The summed E-state index contributed by atoms with van der Waals surface area (Å²) in [4.78, 5) is 10.9. The quantitative estimate of drug-likeness (QED) is 0.654. The SMILES string of the molecule is NC(=O)c1cc2ccc(O)cc2cc1O. The molecule has 0 spiro atoms. The Morgan fingerprint density at radius 1 is 1.07 bits per heavy atom. The molecule has 0 aliphatic heterocycles. The minimum absolute atomic E-state index is 0.0770. The first kappa shape index (κ1) is 9.33. The first-order chi connectivity index (χ1) is 7.08. The molecular weight excluding hydrogens is 194 g/mol. The third-order valence-corrected chi connectivity index (χ3v) is 2.20. The average Bonchev–Trinajstić information content (AvgIpc) is 2.15. The van der Waals surface area contributed by atoms with Crippen LogP contribution >= 0.6 is 0 Å². The summed E-state index contributed by atoms with van der Waals surface area (Å²) in [5, 5.41) is 20.1.